The molecule has 0 radical (unpaired) electrons. The summed E-state index contributed by atoms with van der Waals surface area (Å²) in [6.07, 6.45) is 4.01. The van der Waals surface area contributed by atoms with Crippen molar-refractivity contribution in [3.05, 3.63) is 36.1 Å². The molecule has 2 aromatic rings. The van der Waals surface area contributed by atoms with Gasteiger partial charge in [0.05, 0.1) is 18.9 Å². The summed E-state index contributed by atoms with van der Waals surface area (Å²) in [6.45, 7) is 6.78. The van der Waals surface area contributed by atoms with Crippen LogP contribution in [0.2, 0.25) is 0 Å². The number of ether oxygens (including phenoxy) is 1. The first kappa shape index (κ1) is 14.1. The summed E-state index contributed by atoms with van der Waals surface area (Å²) in [4.78, 5) is 0. The van der Waals surface area contributed by atoms with E-state index in [1.54, 1.807) is 0 Å². The average molecular weight is 261 g/mol. The monoisotopic (exact) mass is 261 g/mol. The third kappa shape index (κ3) is 3.58. The first-order chi connectivity index (χ1) is 9.36. The van der Waals surface area contributed by atoms with Crippen molar-refractivity contribution < 1.29 is 9.15 Å². The Kier molecular flexibility index (Phi) is 5.43. The molecule has 1 unspecified atom stereocenters. The van der Waals surface area contributed by atoms with Crippen molar-refractivity contribution in [2.75, 3.05) is 19.8 Å². The zero-order valence-electron chi connectivity index (χ0n) is 11.8. The summed E-state index contributed by atoms with van der Waals surface area (Å²) >= 11 is 0. The topological polar surface area (TPSA) is 34.4 Å². The molecular weight excluding hydrogens is 238 g/mol. The summed E-state index contributed by atoms with van der Waals surface area (Å²) in [5.74, 6) is 0. The SMILES string of the molecule is CCCNC(COCCC)c1coc2ccccc12. The van der Waals surface area contributed by atoms with Crippen molar-refractivity contribution in [1.82, 2.24) is 5.32 Å². The lowest BCUT2D eigenvalue weighted by Gasteiger charge is -2.17. The molecule has 1 heterocycles. The molecule has 3 heteroatoms. The summed E-state index contributed by atoms with van der Waals surface area (Å²) in [6, 6.07) is 8.36. The number of rotatable bonds is 8. The van der Waals surface area contributed by atoms with Gasteiger partial charge in [0.15, 0.2) is 0 Å². The van der Waals surface area contributed by atoms with Gasteiger partial charge in [-0.05, 0) is 25.5 Å². The second-order valence-corrected chi connectivity index (χ2v) is 4.77. The predicted octanol–water partition coefficient (Wildman–Crippen LogP) is 3.90. The highest BCUT2D eigenvalue weighted by molar-refractivity contribution is 5.81. The van der Waals surface area contributed by atoms with E-state index in [0.29, 0.717) is 6.61 Å². The van der Waals surface area contributed by atoms with Crippen LogP contribution in [-0.4, -0.2) is 19.8 Å². The van der Waals surface area contributed by atoms with E-state index in [0.717, 1.165) is 31.6 Å². The van der Waals surface area contributed by atoms with Crippen LogP contribution in [0.1, 0.15) is 38.3 Å². The van der Waals surface area contributed by atoms with E-state index >= 15 is 0 Å². The maximum absolute atomic E-state index is 5.71. The molecule has 104 valence electrons. The van der Waals surface area contributed by atoms with Gasteiger partial charge in [-0.15, -0.1) is 0 Å². The van der Waals surface area contributed by atoms with Crippen LogP contribution >= 0.6 is 0 Å². The zero-order valence-corrected chi connectivity index (χ0v) is 11.8. The number of benzene rings is 1. The molecule has 0 amide bonds. The molecule has 0 saturated heterocycles. The van der Waals surface area contributed by atoms with Crippen molar-refractivity contribution in [2.24, 2.45) is 0 Å². The summed E-state index contributed by atoms with van der Waals surface area (Å²) in [7, 11) is 0. The Morgan fingerprint density at radius 1 is 1.21 bits per heavy atom. The van der Waals surface area contributed by atoms with Crippen LogP contribution in [0.3, 0.4) is 0 Å². The molecule has 0 aliphatic carbocycles. The number of hydrogen-bond acceptors (Lipinski definition) is 3. The Bertz CT molecular complexity index is 492. The number of furan rings is 1. The Hall–Kier alpha value is -1.32. The van der Waals surface area contributed by atoms with Gasteiger partial charge in [-0.3, -0.25) is 0 Å². The summed E-state index contributed by atoms with van der Waals surface area (Å²) in [5, 5.41) is 4.71. The molecule has 0 aliphatic heterocycles. The fraction of sp³-hybridized carbons (Fsp3) is 0.500. The van der Waals surface area contributed by atoms with E-state index in [1.807, 2.05) is 24.5 Å². The minimum Gasteiger partial charge on any atom is -0.464 e. The zero-order chi connectivity index (χ0) is 13.5. The van der Waals surface area contributed by atoms with Crippen LogP contribution in [0.15, 0.2) is 34.9 Å². The number of fused-ring (bicyclic) bond motifs is 1. The van der Waals surface area contributed by atoms with Gasteiger partial charge < -0.3 is 14.5 Å². The highest BCUT2D eigenvalue weighted by Crippen LogP contribution is 2.26. The van der Waals surface area contributed by atoms with Crippen LogP contribution in [0.4, 0.5) is 0 Å². The Labute approximate surface area is 114 Å². The van der Waals surface area contributed by atoms with Crippen molar-refractivity contribution >= 4 is 11.0 Å². The molecule has 1 N–H and O–H groups in total. The third-order valence-corrected chi connectivity index (χ3v) is 3.16. The van der Waals surface area contributed by atoms with E-state index in [9.17, 15) is 0 Å². The second-order valence-electron chi connectivity index (χ2n) is 4.77. The standard InChI is InChI=1S/C16H23NO2/c1-3-9-17-15(12-18-10-4-2)14-11-19-16-8-6-5-7-13(14)16/h5-8,11,15,17H,3-4,9-10,12H2,1-2H3. The van der Waals surface area contributed by atoms with Gasteiger partial charge in [0.25, 0.3) is 0 Å². The van der Waals surface area contributed by atoms with Crippen LogP contribution in [0.25, 0.3) is 11.0 Å². The van der Waals surface area contributed by atoms with Gasteiger partial charge in [0.2, 0.25) is 0 Å². The van der Waals surface area contributed by atoms with Crippen LogP contribution in [0, 0.1) is 0 Å². The Morgan fingerprint density at radius 3 is 2.84 bits per heavy atom. The van der Waals surface area contributed by atoms with E-state index in [-0.39, 0.29) is 6.04 Å². The molecule has 0 fully saturated rings. The van der Waals surface area contributed by atoms with Crippen molar-refractivity contribution in [1.29, 1.82) is 0 Å². The Morgan fingerprint density at radius 2 is 2.05 bits per heavy atom. The third-order valence-electron chi connectivity index (χ3n) is 3.16. The number of nitrogens with one attached hydrogen (secondary N) is 1. The van der Waals surface area contributed by atoms with Gasteiger partial charge in [-0.25, -0.2) is 0 Å². The van der Waals surface area contributed by atoms with Crippen LogP contribution in [0.5, 0.6) is 0 Å². The first-order valence-electron chi connectivity index (χ1n) is 7.14. The van der Waals surface area contributed by atoms with Crippen LogP contribution < -0.4 is 5.32 Å². The molecule has 1 aromatic carbocycles. The molecule has 0 aliphatic rings. The van der Waals surface area contributed by atoms with Gasteiger partial charge in [0.1, 0.15) is 5.58 Å². The molecule has 0 bridgehead atoms. The Balaban J connectivity index is 2.15. The molecular formula is C16H23NO2. The highest BCUT2D eigenvalue weighted by atomic mass is 16.5. The number of para-hydroxylation sites is 1. The normalized spacial score (nSPS) is 12.9. The summed E-state index contributed by atoms with van der Waals surface area (Å²) in [5.41, 5.74) is 2.14. The smallest absolute Gasteiger partial charge is 0.134 e. The molecule has 1 aromatic heterocycles. The largest absolute Gasteiger partial charge is 0.464 e. The van der Waals surface area contributed by atoms with Gasteiger partial charge in [-0.2, -0.15) is 0 Å². The van der Waals surface area contributed by atoms with Crippen LogP contribution in [-0.2, 0) is 4.74 Å². The predicted molar refractivity (Wildman–Crippen MR) is 78.4 cm³/mol. The molecule has 3 nitrogen and oxygen atoms in total. The fourth-order valence-corrected chi connectivity index (χ4v) is 2.19. The van der Waals surface area contributed by atoms with Crippen molar-refractivity contribution in [3.63, 3.8) is 0 Å². The van der Waals surface area contributed by atoms with E-state index in [2.05, 4.69) is 25.2 Å². The average Bonchev–Trinajstić information content (AvgIpc) is 2.87. The molecule has 0 spiro atoms. The highest BCUT2D eigenvalue weighted by Gasteiger charge is 2.16. The van der Waals surface area contributed by atoms with Gasteiger partial charge >= 0.3 is 0 Å². The first-order valence-corrected chi connectivity index (χ1v) is 7.14. The molecule has 1 atom stereocenters. The second kappa shape index (κ2) is 7.31. The lowest BCUT2D eigenvalue weighted by molar-refractivity contribution is 0.112. The molecule has 0 saturated carbocycles. The summed E-state index contributed by atoms with van der Waals surface area (Å²) < 4.78 is 11.3. The van der Waals surface area contributed by atoms with Gasteiger partial charge in [0, 0.05) is 17.6 Å². The lowest BCUT2D eigenvalue weighted by atomic mass is 10.1. The van der Waals surface area contributed by atoms with Gasteiger partial charge in [-0.1, -0.05) is 32.0 Å². The fourth-order valence-electron chi connectivity index (χ4n) is 2.19. The van der Waals surface area contributed by atoms with E-state index in [1.165, 1.54) is 10.9 Å². The lowest BCUT2D eigenvalue weighted by Crippen LogP contribution is -2.26. The quantitative estimate of drug-likeness (QED) is 0.732. The van der Waals surface area contributed by atoms with E-state index < -0.39 is 0 Å². The molecule has 2 rings (SSSR count). The molecule has 19 heavy (non-hydrogen) atoms. The van der Waals surface area contributed by atoms with E-state index in [4.69, 9.17) is 9.15 Å². The number of hydrogen-bond donors (Lipinski definition) is 1. The minimum absolute atomic E-state index is 0.204. The maximum atomic E-state index is 5.71. The maximum Gasteiger partial charge on any atom is 0.134 e. The van der Waals surface area contributed by atoms with Crippen molar-refractivity contribution in [3.8, 4) is 0 Å². The minimum atomic E-state index is 0.204. The van der Waals surface area contributed by atoms with Crippen molar-refractivity contribution in [2.45, 2.75) is 32.7 Å².